The topological polar surface area (TPSA) is 90.0 Å². The number of aromatic nitrogens is 2. The van der Waals surface area contributed by atoms with E-state index in [2.05, 4.69) is 9.82 Å². The highest BCUT2D eigenvalue weighted by molar-refractivity contribution is 7.89. The van der Waals surface area contributed by atoms with Gasteiger partial charge in [0.1, 0.15) is 4.90 Å². The molecule has 0 radical (unpaired) electrons. The van der Waals surface area contributed by atoms with Crippen molar-refractivity contribution in [2.75, 3.05) is 12.3 Å². The van der Waals surface area contributed by atoms with Crippen LogP contribution in [0, 0.1) is 13.8 Å². The third-order valence-electron chi connectivity index (χ3n) is 3.44. The number of hydrogen-bond donors (Lipinski definition) is 2. The lowest BCUT2D eigenvalue weighted by Gasteiger charge is -2.13. The quantitative estimate of drug-likeness (QED) is 0.811. The SMILES string of the molecule is Cc1ccc(N)c(S(=O)(=O)NCCc2cnn(C)c2)c1C. The van der Waals surface area contributed by atoms with Gasteiger partial charge >= 0.3 is 0 Å². The van der Waals surface area contributed by atoms with Gasteiger partial charge in [-0.05, 0) is 43.0 Å². The molecular formula is C14H20N4O2S. The smallest absolute Gasteiger partial charge is 0.242 e. The van der Waals surface area contributed by atoms with Crippen molar-refractivity contribution in [3.05, 3.63) is 41.2 Å². The summed E-state index contributed by atoms with van der Waals surface area (Å²) in [6.07, 6.45) is 4.17. The van der Waals surface area contributed by atoms with Gasteiger partial charge in [-0.25, -0.2) is 13.1 Å². The van der Waals surface area contributed by atoms with Crippen LogP contribution in [0.1, 0.15) is 16.7 Å². The summed E-state index contributed by atoms with van der Waals surface area (Å²) in [6, 6.07) is 3.44. The highest BCUT2D eigenvalue weighted by atomic mass is 32.2. The predicted octanol–water partition coefficient (Wildman–Crippen LogP) is 1.14. The first-order chi connectivity index (χ1) is 9.81. The molecule has 0 aliphatic heterocycles. The van der Waals surface area contributed by atoms with Gasteiger partial charge in [0.05, 0.1) is 11.9 Å². The lowest BCUT2D eigenvalue weighted by Crippen LogP contribution is -2.27. The number of nitrogen functional groups attached to an aromatic ring is 1. The molecule has 1 heterocycles. The maximum absolute atomic E-state index is 12.4. The summed E-state index contributed by atoms with van der Waals surface area (Å²) >= 11 is 0. The minimum Gasteiger partial charge on any atom is -0.398 e. The molecule has 0 saturated carbocycles. The van der Waals surface area contributed by atoms with Crippen LogP contribution in [0.15, 0.2) is 29.4 Å². The van der Waals surface area contributed by atoms with Crippen LogP contribution >= 0.6 is 0 Å². The normalized spacial score (nSPS) is 11.8. The van der Waals surface area contributed by atoms with Crippen molar-refractivity contribution in [3.8, 4) is 0 Å². The molecule has 0 spiro atoms. The van der Waals surface area contributed by atoms with E-state index < -0.39 is 10.0 Å². The summed E-state index contributed by atoms with van der Waals surface area (Å²) in [5.74, 6) is 0. The fourth-order valence-electron chi connectivity index (χ4n) is 2.17. The van der Waals surface area contributed by atoms with Crippen molar-refractivity contribution in [2.24, 2.45) is 7.05 Å². The highest BCUT2D eigenvalue weighted by Gasteiger charge is 2.20. The molecule has 6 nitrogen and oxygen atoms in total. The van der Waals surface area contributed by atoms with E-state index in [0.717, 1.165) is 11.1 Å². The van der Waals surface area contributed by atoms with Crippen molar-refractivity contribution in [3.63, 3.8) is 0 Å². The molecule has 0 aliphatic carbocycles. The molecule has 7 heteroatoms. The van der Waals surface area contributed by atoms with Crippen molar-refractivity contribution >= 4 is 15.7 Å². The van der Waals surface area contributed by atoms with E-state index in [-0.39, 0.29) is 10.6 Å². The summed E-state index contributed by atoms with van der Waals surface area (Å²) in [4.78, 5) is 0.175. The number of nitrogens with zero attached hydrogens (tertiary/aromatic N) is 2. The molecule has 0 bridgehead atoms. The lowest BCUT2D eigenvalue weighted by molar-refractivity contribution is 0.581. The largest absolute Gasteiger partial charge is 0.398 e. The molecule has 21 heavy (non-hydrogen) atoms. The zero-order valence-corrected chi connectivity index (χ0v) is 13.2. The molecule has 1 aromatic carbocycles. The van der Waals surface area contributed by atoms with Crippen molar-refractivity contribution in [1.82, 2.24) is 14.5 Å². The zero-order chi connectivity index (χ0) is 15.6. The second-order valence-corrected chi connectivity index (χ2v) is 6.80. The average Bonchev–Trinajstić information content (AvgIpc) is 2.80. The lowest BCUT2D eigenvalue weighted by atomic mass is 10.1. The number of aryl methyl sites for hydroxylation is 2. The highest BCUT2D eigenvalue weighted by Crippen LogP contribution is 2.24. The maximum Gasteiger partial charge on any atom is 0.242 e. The first-order valence-electron chi connectivity index (χ1n) is 6.64. The minimum absolute atomic E-state index is 0.175. The summed E-state index contributed by atoms with van der Waals surface area (Å²) in [5, 5.41) is 4.05. The number of sulfonamides is 1. The van der Waals surface area contributed by atoms with Gasteiger partial charge in [-0.1, -0.05) is 6.07 Å². The Morgan fingerprint density at radius 3 is 2.67 bits per heavy atom. The first kappa shape index (κ1) is 15.5. The van der Waals surface area contributed by atoms with Crippen LogP contribution in [0.3, 0.4) is 0 Å². The fourth-order valence-corrected chi connectivity index (χ4v) is 3.63. The Balaban J connectivity index is 2.14. The van der Waals surface area contributed by atoms with E-state index in [9.17, 15) is 8.42 Å². The molecule has 2 aromatic rings. The number of anilines is 1. The van der Waals surface area contributed by atoms with Crippen LogP contribution < -0.4 is 10.5 Å². The number of nitrogens with two attached hydrogens (primary N) is 1. The second kappa shape index (κ2) is 5.87. The molecule has 0 saturated heterocycles. The van der Waals surface area contributed by atoms with E-state index in [0.29, 0.717) is 18.5 Å². The van der Waals surface area contributed by atoms with E-state index in [1.54, 1.807) is 23.9 Å². The van der Waals surface area contributed by atoms with Gasteiger partial charge in [-0.3, -0.25) is 4.68 Å². The van der Waals surface area contributed by atoms with Crippen LogP contribution in [0.5, 0.6) is 0 Å². The van der Waals surface area contributed by atoms with Crippen molar-refractivity contribution < 1.29 is 8.42 Å². The Morgan fingerprint density at radius 2 is 2.05 bits per heavy atom. The van der Waals surface area contributed by atoms with Crippen LogP contribution in [0.25, 0.3) is 0 Å². The average molecular weight is 308 g/mol. The molecule has 3 N–H and O–H groups in total. The maximum atomic E-state index is 12.4. The third-order valence-corrected chi connectivity index (χ3v) is 5.10. The van der Waals surface area contributed by atoms with Crippen LogP contribution in [-0.2, 0) is 23.5 Å². The standard InChI is InChI=1S/C14H20N4O2S/c1-10-4-5-13(15)14(11(10)2)21(19,20)17-7-6-12-8-16-18(3)9-12/h4-5,8-9,17H,6-7,15H2,1-3H3. The molecule has 0 aliphatic rings. The predicted molar refractivity (Wildman–Crippen MR) is 82.4 cm³/mol. The van der Waals surface area contributed by atoms with E-state index in [1.807, 2.05) is 26.2 Å². The fraction of sp³-hybridized carbons (Fsp3) is 0.357. The summed E-state index contributed by atoms with van der Waals surface area (Å²) in [7, 11) is -1.79. The van der Waals surface area contributed by atoms with Gasteiger partial charge in [-0.15, -0.1) is 0 Å². The summed E-state index contributed by atoms with van der Waals surface area (Å²) in [5.41, 5.74) is 8.67. The Labute approximate surface area is 125 Å². The monoisotopic (exact) mass is 308 g/mol. The summed E-state index contributed by atoms with van der Waals surface area (Å²) < 4.78 is 29.1. The van der Waals surface area contributed by atoms with Crippen molar-refractivity contribution in [1.29, 1.82) is 0 Å². The van der Waals surface area contributed by atoms with Crippen LogP contribution in [0.4, 0.5) is 5.69 Å². The molecule has 1 aromatic heterocycles. The van der Waals surface area contributed by atoms with Gasteiger partial charge in [0.15, 0.2) is 0 Å². The first-order valence-corrected chi connectivity index (χ1v) is 8.12. The van der Waals surface area contributed by atoms with Crippen LogP contribution in [0.2, 0.25) is 0 Å². The minimum atomic E-state index is -3.61. The number of rotatable bonds is 5. The molecule has 0 atom stereocenters. The Morgan fingerprint density at radius 1 is 1.33 bits per heavy atom. The summed E-state index contributed by atoms with van der Waals surface area (Å²) in [6.45, 7) is 3.94. The Kier molecular flexibility index (Phi) is 4.34. The molecule has 0 amide bonds. The zero-order valence-electron chi connectivity index (χ0n) is 12.4. The van der Waals surface area contributed by atoms with E-state index in [4.69, 9.17) is 5.73 Å². The van der Waals surface area contributed by atoms with Gasteiger partial charge < -0.3 is 5.73 Å². The Bertz CT molecular complexity index is 750. The van der Waals surface area contributed by atoms with Gasteiger partial charge in [0, 0.05) is 19.8 Å². The van der Waals surface area contributed by atoms with Crippen molar-refractivity contribution in [2.45, 2.75) is 25.2 Å². The van der Waals surface area contributed by atoms with E-state index >= 15 is 0 Å². The van der Waals surface area contributed by atoms with Gasteiger partial charge in [0.2, 0.25) is 10.0 Å². The molecule has 2 rings (SSSR count). The molecule has 0 unspecified atom stereocenters. The molecule has 114 valence electrons. The van der Waals surface area contributed by atoms with Gasteiger partial charge in [0.25, 0.3) is 0 Å². The van der Waals surface area contributed by atoms with Crippen LogP contribution in [-0.4, -0.2) is 24.7 Å². The number of hydrogen-bond acceptors (Lipinski definition) is 4. The number of nitrogens with one attached hydrogen (secondary N) is 1. The third kappa shape index (κ3) is 3.43. The van der Waals surface area contributed by atoms with E-state index in [1.165, 1.54) is 0 Å². The molecule has 0 fully saturated rings. The second-order valence-electron chi connectivity index (χ2n) is 5.10. The number of benzene rings is 1. The molecular weight excluding hydrogens is 288 g/mol. The van der Waals surface area contributed by atoms with Gasteiger partial charge in [-0.2, -0.15) is 5.10 Å². The Hall–Kier alpha value is -1.86.